The molecule has 49 heavy (non-hydrogen) atoms. The Hall–Kier alpha value is -6.80. The summed E-state index contributed by atoms with van der Waals surface area (Å²) >= 11 is 1.77. The first-order valence-electron chi connectivity index (χ1n) is 15.6. The number of thiophene rings is 1. The van der Waals surface area contributed by atoms with E-state index in [1.807, 2.05) is 48.5 Å². The van der Waals surface area contributed by atoms with E-state index in [4.69, 9.17) is 9.97 Å². The standard InChI is InChI=1S/C42H22N6S/c43-19-25-15-27(23-45-21-25)35-11-5-13-37(47-35)33-17-39-41(31-9-3-1-7-29(31)33)42-32-10-4-2-8-30(32)34(18-40(42)49-39)38-14-6-12-36(48-38)28-16-26(20-44)22-46-24-28/h1-18,21-24H. The molecule has 5 heterocycles. The Balaban J connectivity index is 1.27. The molecule has 9 rings (SSSR count). The van der Waals surface area contributed by atoms with Gasteiger partial charge in [0.25, 0.3) is 0 Å². The SMILES string of the molecule is N#Cc1cncc(-c2cccc(-c3cc4sc5cc(-c6cccc(-c7cncc(C#N)c7)n6)c6ccccc6c5c4c4ccccc34)n2)c1. The Morgan fingerprint density at radius 2 is 0.878 bits per heavy atom. The van der Waals surface area contributed by atoms with Crippen molar-refractivity contribution in [3.63, 3.8) is 0 Å². The molecule has 4 aromatic carbocycles. The number of fused-ring (bicyclic) bond motifs is 7. The van der Waals surface area contributed by atoms with Crippen LogP contribution in [0, 0.1) is 22.7 Å². The molecule has 5 aromatic heterocycles. The van der Waals surface area contributed by atoms with E-state index in [2.05, 4.69) is 82.8 Å². The molecule has 0 saturated heterocycles. The fourth-order valence-corrected chi connectivity index (χ4v) is 7.91. The predicted octanol–water partition coefficient (Wildman–Crippen LogP) is 10.4. The van der Waals surface area contributed by atoms with Gasteiger partial charge >= 0.3 is 0 Å². The molecule has 6 nitrogen and oxygen atoms in total. The van der Waals surface area contributed by atoms with Crippen LogP contribution in [0.5, 0.6) is 0 Å². The second-order valence-corrected chi connectivity index (χ2v) is 12.8. The number of hydrogen-bond acceptors (Lipinski definition) is 7. The molecule has 0 spiro atoms. The van der Waals surface area contributed by atoms with Crippen molar-refractivity contribution in [2.24, 2.45) is 0 Å². The van der Waals surface area contributed by atoms with Crippen molar-refractivity contribution in [2.75, 3.05) is 0 Å². The van der Waals surface area contributed by atoms with Crippen LogP contribution in [0.25, 0.3) is 86.7 Å². The molecule has 0 saturated carbocycles. The molecule has 0 aliphatic carbocycles. The van der Waals surface area contributed by atoms with Crippen molar-refractivity contribution in [1.82, 2.24) is 19.9 Å². The third kappa shape index (κ3) is 4.77. The van der Waals surface area contributed by atoms with Gasteiger partial charge in [-0.15, -0.1) is 11.3 Å². The van der Waals surface area contributed by atoms with Gasteiger partial charge in [0.1, 0.15) is 12.1 Å². The van der Waals surface area contributed by atoms with Crippen LogP contribution in [0.2, 0.25) is 0 Å². The fourth-order valence-electron chi connectivity index (χ4n) is 6.69. The van der Waals surface area contributed by atoms with Crippen LogP contribution in [0.1, 0.15) is 11.1 Å². The van der Waals surface area contributed by atoms with E-state index in [0.29, 0.717) is 11.1 Å². The number of benzene rings is 4. The van der Waals surface area contributed by atoms with Gasteiger partial charge in [0.15, 0.2) is 0 Å². The number of nitrogens with zero attached hydrogens (tertiary/aromatic N) is 6. The Morgan fingerprint density at radius 1 is 0.449 bits per heavy atom. The van der Waals surface area contributed by atoms with Crippen molar-refractivity contribution < 1.29 is 0 Å². The summed E-state index contributed by atoms with van der Waals surface area (Å²) < 4.78 is 2.35. The minimum atomic E-state index is 0.501. The van der Waals surface area contributed by atoms with E-state index in [1.165, 1.54) is 30.9 Å². The lowest BCUT2D eigenvalue weighted by Crippen LogP contribution is -1.91. The van der Waals surface area contributed by atoms with Gasteiger partial charge in [0.05, 0.1) is 33.9 Å². The predicted molar refractivity (Wildman–Crippen MR) is 197 cm³/mol. The van der Waals surface area contributed by atoms with Crippen LogP contribution in [-0.4, -0.2) is 19.9 Å². The van der Waals surface area contributed by atoms with Crippen molar-refractivity contribution in [2.45, 2.75) is 0 Å². The molecule has 0 fully saturated rings. The molecule has 0 unspecified atom stereocenters. The molecule has 0 aliphatic rings. The summed E-state index contributed by atoms with van der Waals surface area (Å²) in [6.45, 7) is 0. The summed E-state index contributed by atoms with van der Waals surface area (Å²) in [5.41, 5.74) is 7.96. The van der Waals surface area contributed by atoms with Crippen LogP contribution in [0.15, 0.2) is 134 Å². The zero-order valence-corrected chi connectivity index (χ0v) is 26.6. The van der Waals surface area contributed by atoms with E-state index >= 15 is 0 Å². The van der Waals surface area contributed by atoms with Gasteiger partial charge in [-0.1, -0.05) is 60.7 Å². The number of rotatable bonds is 4. The van der Waals surface area contributed by atoms with Crippen LogP contribution < -0.4 is 0 Å². The van der Waals surface area contributed by atoms with E-state index in [0.717, 1.165) is 55.8 Å². The highest BCUT2D eigenvalue weighted by molar-refractivity contribution is 7.26. The molecule has 9 aromatic rings. The highest BCUT2D eigenvalue weighted by Crippen LogP contribution is 2.47. The van der Waals surface area contributed by atoms with E-state index < -0.39 is 0 Å². The van der Waals surface area contributed by atoms with Crippen molar-refractivity contribution in [1.29, 1.82) is 10.5 Å². The van der Waals surface area contributed by atoms with Gasteiger partial charge in [-0.05, 0) is 70.1 Å². The first kappa shape index (κ1) is 28.4. The van der Waals surface area contributed by atoms with Gasteiger partial charge in [0.2, 0.25) is 0 Å². The summed E-state index contributed by atoms with van der Waals surface area (Å²) in [7, 11) is 0. The summed E-state index contributed by atoms with van der Waals surface area (Å²) in [6, 6.07) is 41.6. The monoisotopic (exact) mass is 642 g/mol. The third-order valence-electron chi connectivity index (χ3n) is 8.86. The number of nitriles is 2. The van der Waals surface area contributed by atoms with Crippen LogP contribution >= 0.6 is 11.3 Å². The lowest BCUT2D eigenvalue weighted by atomic mass is 9.93. The summed E-state index contributed by atoms with van der Waals surface area (Å²) in [5.74, 6) is 0. The number of aromatic nitrogens is 4. The second-order valence-electron chi connectivity index (χ2n) is 11.8. The second kappa shape index (κ2) is 11.5. The third-order valence-corrected chi connectivity index (χ3v) is 9.95. The topological polar surface area (TPSA) is 99.1 Å². The van der Waals surface area contributed by atoms with Gasteiger partial charge in [-0.3, -0.25) is 9.97 Å². The minimum Gasteiger partial charge on any atom is -0.263 e. The van der Waals surface area contributed by atoms with Gasteiger partial charge in [-0.25, -0.2) is 9.97 Å². The molecule has 226 valence electrons. The summed E-state index contributed by atoms with van der Waals surface area (Å²) in [4.78, 5) is 18.6. The van der Waals surface area contributed by atoms with Gasteiger partial charge in [-0.2, -0.15) is 10.5 Å². The zero-order chi connectivity index (χ0) is 32.9. The molecule has 0 radical (unpaired) electrons. The van der Waals surface area contributed by atoms with E-state index in [9.17, 15) is 10.5 Å². The Labute approximate surface area is 284 Å². The molecule has 0 atom stereocenters. The van der Waals surface area contributed by atoms with Crippen molar-refractivity contribution in [3.8, 4) is 57.2 Å². The normalized spacial score (nSPS) is 11.2. The number of hydrogen-bond donors (Lipinski definition) is 0. The Bertz CT molecular complexity index is 2680. The Morgan fingerprint density at radius 3 is 1.33 bits per heavy atom. The van der Waals surface area contributed by atoms with Gasteiger partial charge in [0, 0.05) is 67.2 Å². The summed E-state index contributed by atoms with van der Waals surface area (Å²) in [6.07, 6.45) is 6.61. The average molecular weight is 643 g/mol. The smallest absolute Gasteiger partial charge is 0.101 e. The average Bonchev–Trinajstić information content (AvgIpc) is 3.56. The largest absolute Gasteiger partial charge is 0.263 e. The molecular weight excluding hydrogens is 621 g/mol. The quantitative estimate of drug-likeness (QED) is 0.189. The van der Waals surface area contributed by atoms with E-state index in [1.54, 1.807) is 36.1 Å². The maximum atomic E-state index is 9.42. The molecule has 0 aliphatic heterocycles. The van der Waals surface area contributed by atoms with Crippen LogP contribution in [0.3, 0.4) is 0 Å². The highest BCUT2D eigenvalue weighted by atomic mass is 32.1. The van der Waals surface area contributed by atoms with Crippen LogP contribution in [-0.2, 0) is 0 Å². The molecule has 7 heteroatoms. The van der Waals surface area contributed by atoms with Gasteiger partial charge < -0.3 is 0 Å². The molecule has 0 N–H and O–H groups in total. The number of pyridine rings is 4. The molecule has 0 amide bonds. The lowest BCUT2D eigenvalue weighted by molar-refractivity contribution is 1.27. The zero-order valence-electron chi connectivity index (χ0n) is 25.8. The fraction of sp³-hybridized carbons (Fsp3) is 0. The first-order chi connectivity index (χ1) is 24.2. The Kier molecular flexibility index (Phi) is 6.65. The molecule has 0 bridgehead atoms. The lowest BCUT2D eigenvalue weighted by Gasteiger charge is -2.12. The van der Waals surface area contributed by atoms with Crippen molar-refractivity contribution >= 4 is 53.1 Å². The molecular formula is C42H22N6S. The minimum absolute atomic E-state index is 0.501. The summed E-state index contributed by atoms with van der Waals surface area (Å²) in [5, 5.41) is 25.9. The maximum Gasteiger partial charge on any atom is 0.101 e. The first-order valence-corrected chi connectivity index (χ1v) is 16.5. The highest BCUT2D eigenvalue weighted by Gasteiger charge is 2.19. The van der Waals surface area contributed by atoms with E-state index in [-0.39, 0.29) is 0 Å². The maximum absolute atomic E-state index is 9.42. The van der Waals surface area contributed by atoms with Crippen molar-refractivity contribution in [3.05, 3.63) is 145 Å². The van der Waals surface area contributed by atoms with Crippen LogP contribution in [0.4, 0.5) is 0 Å².